The summed E-state index contributed by atoms with van der Waals surface area (Å²) in [7, 11) is 1.80. The van der Waals surface area contributed by atoms with Crippen LogP contribution in [0.2, 0.25) is 0 Å². The van der Waals surface area contributed by atoms with Crippen molar-refractivity contribution in [3.05, 3.63) is 82.3 Å². The number of aromatic amines is 1. The van der Waals surface area contributed by atoms with E-state index in [1.165, 1.54) is 11.8 Å². The summed E-state index contributed by atoms with van der Waals surface area (Å²) >= 11 is 1.28. The predicted molar refractivity (Wildman–Crippen MR) is 111 cm³/mol. The van der Waals surface area contributed by atoms with Crippen LogP contribution in [0.25, 0.3) is 0 Å². The number of H-pyrrole nitrogens is 1. The van der Waals surface area contributed by atoms with Crippen molar-refractivity contribution < 1.29 is 4.79 Å². The molecule has 6 nitrogen and oxygen atoms in total. The van der Waals surface area contributed by atoms with Gasteiger partial charge < -0.3 is 4.90 Å². The molecule has 1 aromatic heterocycles. The second-order valence-corrected chi connectivity index (χ2v) is 7.52. The number of aryl methyl sites for hydroxylation is 1. The standard InChI is InChI=1S/C21H24N4O2S/c1-16(18-11-7-4-8-12-18)24(2)19(26)15-28-21-23-22-20(27)25(21)14-13-17-9-5-3-6-10-17/h3-12,16H,13-15H2,1-2H3,(H,22,27)/t16-/m0/s1. The number of amides is 1. The summed E-state index contributed by atoms with van der Waals surface area (Å²) < 4.78 is 1.59. The van der Waals surface area contributed by atoms with Gasteiger partial charge in [-0.1, -0.05) is 72.4 Å². The molecule has 146 valence electrons. The number of nitrogens with zero attached hydrogens (tertiary/aromatic N) is 3. The summed E-state index contributed by atoms with van der Waals surface area (Å²) in [6, 6.07) is 19.9. The van der Waals surface area contributed by atoms with E-state index in [0.717, 1.165) is 17.5 Å². The van der Waals surface area contributed by atoms with Gasteiger partial charge in [-0.3, -0.25) is 9.36 Å². The van der Waals surface area contributed by atoms with Gasteiger partial charge >= 0.3 is 5.69 Å². The lowest BCUT2D eigenvalue weighted by Crippen LogP contribution is -2.31. The van der Waals surface area contributed by atoms with Crippen molar-refractivity contribution in [2.24, 2.45) is 0 Å². The summed E-state index contributed by atoms with van der Waals surface area (Å²) in [6.45, 7) is 2.52. The first-order valence-electron chi connectivity index (χ1n) is 9.19. The average Bonchev–Trinajstić information content (AvgIpc) is 3.10. The first-order chi connectivity index (χ1) is 13.6. The van der Waals surface area contributed by atoms with E-state index in [2.05, 4.69) is 10.2 Å². The number of benzene rings is 2. The summed E-state index contributed by atoms with van der Waals surface area (Å²) in [4.78, 5) is 26.4. The molecule has 0 aliphatic heterocycles. The Kier molecular flexibility index (Phi) is 6.71. The van der Waals surface area contributed by atoms with E-state index in [1.54, 1.807) is 16.5 Å². The minimum Gasteiger partial charge on any atom is -0.338 e. The van der Waals surface area contributed by atoms with Crippen molar-refractivity contribution in [3.8, 4) is 0 Å². The third-order valence-corrected chi connectivity index (χ3v) is 5.73. The minimum atomic E-state index is -0.253. The Hall–Kier alpha value is -2.80. The molecule has 0 spiro atoms. The number of nitrogens with one attached hydrogen (secondary N) is 1. The maximum Gasteiger partial charge on any atom is 0.343 e. The molecule has 7 heteroatoms. The number of rotatable bonds is 8. The van der Waals surface area contributed by atoms with Crippen LogP contribution in [0.1, 0.15) is 24.1 Å². The zero-order chi connectivity index (χ0) is 19.9. The Bertz CT molecular complexity index is 953. The van der Waals surface area contributed by atoms with Gasteiger partial charge in [0.25, 0.3) is 0 Å². The molecule has 3 rings (SSSR count). The van der Waals surface area contributed by atoms with E-state index >= 15 is 0 Å². The quantitative estimate of drug-likeness (QED) is 0.594. The topological polar surface area (TPSA) is 71.0 Å². The van der Waals surface area contributed by atoms with Gasteiger partial charge in [0.05, 0.1) is 11.8 Å². The lowest BCUT2D eigenvalue weighted by molar-refractivity contribution is -0.128. The molecule has 0 radical (unpaired) electrons. The number of thioether (sulfide) groups is 1. The molecule has 0 aliphatic carbocycles. The van der Waals surface area contributed by atoms with Crippen LogP contribution < -0.4 is 5.69 Å². The number of aromatic nitrogens is 3. The first-order valence-corrected chi connectivity index (χ1v) is 10.2. The molecule has 0 aliphatic rings. The maximum absolute atomic E-state index is 12.6. The van der Waals surface area contributed by atoms with Crippen molar-refractivity contribution in [2.45, 2.75) is 31.1 Å². The van der Waals surface area contributed by atoms with Crippen LogP contribution in [0, 0.1) is 0 Å². The molecule has 0 fully saturated rings. The van der Waals surface area contributed by atoms with Gasteiger partial charge in [-0.25, -0.2) is 9.89 Å². The minimum absolute atomic E-state index is 0.00795. The third kappa shape index (κ3) is 4.92. The molecule has 0 unspecified atom stereocenters. The normalized spacial score (nSPS) is 11.9. The molecule has 0 saturated heterocycles. The van der Waals surface area contributed by atoms with Crippen LogP contribution in [-0.4, -0.2) is 38.4 Å². The van der Waals surface area contributed by atoms with Crippen LogP contribution in [0.3, 0.4) is 0 Å². The highest BCUT2D eigenvalue weighted by Crippen LogP contribution is 2.21. The molecular weight excluding hydrogens is 372 g/mol. The number of carbonyl (C=O) groups excluding carboxylic acids is 1. The maximum atomic E-state index is 12.6. The SMILES string of the molecule is C[C@@H](c1ccccc1)N(C)C(=O)CSc1n[nH]c(=O)n1CCc1ccccc1. The summed E-state index contributed by atoms with van der Waals surface area (Å²) in [5.74, 6) is 0.218. The fraction of sp³-hybridized carbons (Fsp3) is 0.286. The van der Waals surface area contributed by atoms with Gasteiger partial charge in [0.1, 0.15) is 0 Å². The van der Waals surface area contributed by atoms with Crippen molar-refractivity contribution >= 4 is 17.7 Å². The highest BCUT2D eigenvalue weighted by molar-refractivity contribution is 7.99. The van der Waals surface area contributed by atoms with Crippen molar-refractivity contribution in [1.29, 1.82) is 0 Å². The average molecular weight is 397 g/mol. The van der Waals surface area contributed by atoms with Crippen LogP contribution in [-0.2, 0) is 17.8 Å². The van der Waals surface area contributed by atoms with E-state index in [4.69, 9.17) is 0 Å². The summed E-state index contributed by atoms with van der Waals surface area (Å²) in [6.07, 6.45) is 0.729. The Labute approximate surface area is 168 Å². The molecule has 2 aromatic carbocycles. The lowest BCUT2D eigenvalue weighted by Gasteiger charge is -2.25. The Morgan fingerprint density at radius 2 is 1.79 bits per heavy atom. The first kappa shape index (κ1) is 19.9. The molecule has 3 aromatic rings. The smallest absolute Gasteiger partial charge is 0.338 e. The van der Waals surface area contributed by atoms with E-state index in [9.17, 15) is 9.59 Å². The third-order valence-electron chi connectivity index (χ3n) is 4.77. The highest BCUT2D eigenvalue weighted by Gasteiger charge is 2.19. The zero-order valence-corrected chi connectivity index (χ0v) is 16.9. The second-order valence-electron chi connectivity index (χ2n) is 6.58. The molecule has 1 amide bonds. The molecule has 0 saturated carbocycles. The van der Waals surface area contributed by atoms with Crippen LogP contribution in [0.15, 0.2) is 70.6 Å². The number of hydrogen-bond acceptors (Lipinski definition) is 4. The van der Waals surface area contributed by atoms with Gasteiger partial charge in [-0.05, 0) is 24.5 Å². The fourth-order valence-corrected chi connectivity index (χ4v) is 3.79. The van der Waals surface area contributed by atoms with Crippen molar-refractivity contribution in [3.63, 3.8) is 0 Å². The second kappa shape index (κ2) is 9.41. The van der Waals surface area contributed by atoms with Gasteiger partial charge in [0.2, 0.25) is 5.91 Å². The van der Waals surface area contributed by atoms with Crippen LogP contribution >= 0.6 is 11.8 Å². The largest absolute Gasteiger partial charge is 0.343 e. The van der Waals surface area contributed by atoms with Gasteiger partial charge in [0.15, 0.2) is 5.16 Å². The van der Waals surface area contributed by atoms with Crippen LogP contribution in [0.4, 0.5) is 0 Å². The van der Waals surface area contributed by atoms with Crippen molar-refractivity contribution in [2.75, 3.05) is 12.8 Å². The summed E-state index contributed by atoms with van der Waals surface area (Å²) in [5.41, 5.74) is 1.99. The molecular formula is C21H24N4O2S. The molecule has 0 bridgehead atoms. The number of hydrogen-bond donors (Lipinski definition) is 1. The Morgan fingerprint density at radius 3 is 2.46 bits per heavy atom. The zero-order valence-electron chi connectivity index (χ0n) is 16.0. The fourth-order valence-electron chi connectivity index (χ4n) is 2.90. The van der Waals surface area contributed by atoms with E-state index in [1.807, 2.05) is 67.6 Å². The monoisotopic (exact) mass is 396 g/mol. The number of carbonyl (C=O) groups is 1. The Morgan fingerprint density at radius 1 is 1.14 bits per heavy atom. The van der Waals surface area contributed by atoms with Crippen molar-refractivity contribution in [1.82, 2.24) is 19.7 Å². The van der Waals surface area contributed by atoms with Gasteiger partial charge in [-0.15, -0.1) is 5.10 Å². The van der Waals surface area contributed by atoms with Gasteiger partial charge in [-0.2, -0.15) is 0 Å². The highest BCUT2D eigenvalue weighted by atomic mass is 32.2. The van der Waals surface area contributed by atoms with Gasteiger partial charge in [0, 0.05) is 13.6 Å². The molecule has 1 N–H and O–H groups in total. The van der Waals surface area contributed by atoms with Crippen LogP contribution in [0.5, 0.6) is 0 Å². The summed E-state index contributed by atoms with van der Waals surface area (Å²) in [5, 5.41) is 7.10. The molecule has 1 heterocycles. The molecule has 1 atom stereocenters. The van der Waals surface area contributed by atoms with E-state index < -0.39 is 0 Å². The van der Waals surface area contributed by atoms with E-state index in [-0.39, 0.29) is 23.4 Å². The Balaban J connectivity index is 1.60. The molecule has 28 heavy (non-hydrogen) atoms. The van der Waals surface area contributed by atoms with E-state index in [0.29, 0.717) is 11.7 Å². The predicted octanol–water partition coefficient (Wildman–Crippen LogP) is 3.13. The lowest BCUT2D eigenvalue weighted by atomic mass is 10.1.